The number of carbonyl (C=O) groups excluding carboxylic acids is 1. The lowest BCUT2D eigenvalue weighted by Crippen LogP contribution is -2.14. The molecule has 0 unspecified atom stereocenters. The summed E-state index contributed by atoms with van der Waals surface area (Å²) in [6.07, 6.45) is -4.49. The second-order valence-corrected chi connectivity index (χ2v) is 3.66. The molecule has 0 saturated carbocycles. The third kappa shape index (κ3) is 3.66. The first-order valence-electron chi connectivity index (χ1n) is 5.31. The van der Waals surface area contributed by atoms with E-state index in [9.17, 15) is 18.0 Å². The highest BCUT2D eigenvalue weighted by atomic mass is 19.4. The molecule has 98 valence electrons. The van der Waals surface area contributed by atoms with Crippen LogP contribution in [0.3, 0.4) is 0 Å². The second kappa shape index (κ2) is 5.77. The van der Waals surface area contributed by atoms with Gasteiger partial charge in [-0.1, -0.05) is 6.92 Å². The molecular formula is C12H13F3N2O. The largest absolute Gasteiger partial charge is 0.416 e. The van der Waals surface area contributed by atoms with Crippen molar-refractivity contribution in [2.75, 3.05) is 6.54 Å². The second-order valence-electron chi connectivity index (χ2n) is 3.66. The Morgan fingerprint density at radius 3 is 2.56 bits per heavy atom. The van der Waals surface area contributed by atoms with Crippen LogP contribution in [0.5, 0.6) is 0 Å². The average Bonchev–Trinajstić information content (AvgIpc) is 2.33. The van der Waals surface area contributed by atoms with Crippen LogP contribution in [0.25, 0.3) is 0 Å². The Bertz CT molecular complexity index is 455. The number of hydrogen-bond acceptors (Lipinski definition) is 2. The maximum absolute atomic E-state index is 12.7. The summed E-state index contributed by atoms with van der Waals surface area (Å²) in [5.74, 6) is -0.765. The Hall–Kier alpha value is -1.69. The fourth-order valence-electron chi connectivity index (χ4n) is 1.44. The van der Waals surface area contributed by atoms with Gasteiger partial charge in [-0.2, -0.15) is 13.2 Å². The quantitative estimate of drug-likeness (QED) is 0.843. The van der Waals surface area contributed by atoms with E-state index >= 15 is 0 Å². The van der Waals surface area contributed by atoms with Gasteiger partial charge < -0.3 is 5.32 Å². The first-order chi connectivity index (χ1) is 8.38. The van der Waals surface area contributed by atoms with Crippen LogP contribution in [0.15, 0.2) is 23.2 Å². The monoisotopic (exact) mass is 258 g/mol. The first kappa shape index (κ1) is 14.4. The van der Waals surface area contributed by atoms with Gasteiger partial charge in [0.15, 0.2) is 0 Å². The minimum atomic E-state index is -4.49. The van der Waals surface area contributed by atoms with Gasteiger partial charge >= 0.3 is 6.18 Å². The topological polar surface area (TPSA) is 41.5 Å². The summed E-state index contributed by atoms with van der Waals surface area (Å²) in [6, 6.07) is 3.18. The van der Waals surface area contributed by atoms with E-state index in [-0.39, 0.29) is 12.1 Å². The molecule has 0 radical (unpaired) electrons. The minimum absolute atomic E-state index is 0.104. The Morgan fingerprint density at radius 2 is 2.06 bits per heavy atom. The number of alkyl halides is 3. The highest BCUT2D eigenvalue weighted by Crippen LogP contribution is 2.30. The molecule has 0 aromatic heterocycles. The molecule has 3 nitrogen and oxygen atoms in total. The van der Waals surface area contributed by atoms with Crippen molar-refractivity contribution in [3.8, 4) is 0 Å². The van der Waals surface area contributed by atoms with Crippen molar-refractivity contribution in [1.29, 1.82) is 0 Å². The van der Waals surface area contributed by atoms with E-state index < -0.39 is 17.6 Å². The van der Waals surface area contributed by atoms with Gasteiger partial charge in [0.25, 0.3) is 5.91 Å². The number of amides is 1. The van der Waals surface area contributed by atoms with E-state index in [1.165, 1.54) is 6.07 Å². The molecule has 0 fully saturated rings. The van der Waals surface area contributed by atoms with Crippen LogP contribution in [0.2, 0.25) is 0 Å². The van der Waals surface area contributed by atoms with Crippen molar-refractivity contribution >= 4 is 12.6 Å². The van der Waals surface area contributed by atoms with Crippen LogP contribution in [-0.2, 0) is 12.7 Å². The van der Waals surface area contributed by atoms with Gasteiger partial charge in [0.1, 0.15) is 0 Å². The molecule has 0 aliphatic carbocycles. The summed E-state index contributed by atoms with van der Waals surface area (Å²) in [5.41, 5.74) is -0.573. The summed E-state index contributed by atoms with van der Waals surface area (Å²) in [4.78, 5) is 14.4. The van der Waals surface area contributed by atoms with Crippen LogP contribution in [0, 0.1) is 0 Å². The number of rotatable bonds is 4. The number of aliphatic imine (C=N–C) groups is 1. The van der Waals surface area contributed by atoms with Crippen molar-refractivity contribution in [3.05, 3.63) is 34.9 Å². The summed E-state index contributed by atoms with van der Waals surface area (Å²) >= 11 is 0. The molecule has 0 heterocycles. The number of carbonyl (C=O) groups is 1. The van der Waals surface area contributed by atoms with Crippen LogP contribution in [0.1, 0.15) is 28.4 Å². The number of nitrogens with one attached hydrogen (secondary N) is 1. The maximum Gasteiger partial charge on any atom is 0.416 e. The standard InChI is InChI=1S/C12H13F3N2O/c1-3-17-7-8-4-9(11(18)16-2)6-10(5-8)12(13,14)15/h4-6,17H,2-3,7H2,1H3. The van der Waals surface area contributed by atoms with E-state index in [0.29, 0.717) is 12.1 Å². The molecule has 1 N–H and O–H groups in total. The van der Waals surface area contributed by atoms with Crippen molar-refractivity contribution in [3.63, 3.8) is 0 Å². The summed E-state index contributed by atoms with van der Waals surface area (Å²) in [5, 5.41) is 2.90. The molecule has 1 amide bonds. The molecule has 1 rings (SSSR count). The number of nitrogens with zero attached hydrogens (tertiary/aromatic N) is 1. The third-order valence-corrected chi connectivity index (χ3v) is 2.29. The van der Waals surface area contributed by atoms with Gasteiger partial charge in [-0.25, -0.2) is 4.99 Å². The van der Waals surface area contributed by atoms with Gasteiger partial charge in [0, 0.05) is 12.1 Å². The van der Waals surface area contributed by atoms with Gasteiger partial charge in [-0.05, 0) is 37.0 Å². The zero-order valence-corrected chi connectivity index (χ0v) is 9.84. The molecule has 0 spiro atoms. The first-order valence-corrected chi connectivity index (χ1v) is 5.31. The third-order valence-electron chi connectivity index (χ3n) is 2.29. The highest BCUT2D eigenvalue weighted by molar-refractivity contribution is 5.97. The summed E-state index contributed by atoms with van der Waals surface area (Å²) in [7, 11) is 0. The molecule has 18 heavy (non-hydrogen) atoms. The van der Waals surface area contributed by atoms with Gasteiger partial charge in [-0.15, -0.1) is 0 Å². The van der Waals surface area contributed by atoms with Gasteiger partial charge in [0.2, 0.25) is 0 Å². The summed E-state index contributed by atoms with van der Waals surface area (Å²) in [6.45, 7) is 5.75. The summed E-state index contributed by atoms with van der Waals surface area (Å²) < 4.78 is 38.0. The van der Waals surface area contributed by atoms with E-state index in [1.54, 1.807) is 0 Å². The number of benzene rings is 1. The van der Waals surface area contributed by atoms with E-state index in [0.717, 1.165) is 12.1 Å². The SMILES string of the molecule is C=NC(=O)c1cc(CNCC)cc(C(F)(F)F)c1. The molecule has 6 heteroatoms. The highest BCUT2D eigenvalue weighted by Gasteiger charge is 2.31. The van der Waals surface area contributed by atoms with Gasteiger partial charge in [0.05, 0.1) is 5.56 Å². The Morgan fingerprint density at radius 1 is 1.39 bits per heavy atom. The Balaban J connectivity index is 3.20. The Kier molecular flexibility index (Phi) is 4.61. The lowest BCUT2D eigenvalue weighted by Gasteiger charge is -2.11. The van der Waals surface area contributed by atoms with Crippen molar-refractivity contribution in [2.45, 2.75) is 19.6 Å². The van der Waals surface area contributed by atoms with Crippen LogP contribution in [-0.4, -0.2) is 19.2 Å². The zero-order chi connectivity index (χ0) is 13.8. The maximum atomic E-state index is 12.7. The van der Waals surface area contributed by atoms with Crippen LogP contribution in [0.4, 0.5) is 13.2 Å². The molecule has 0 bridgehead atoms. The molecule has 0 atom stereocenters. The number of hydrogen-bond donors (Lipinski definition) is 1. The molecule has 1 aromatic carbocycles. The molecular weight excluding hydrogens is 245 g/mol. The van der Waals surface area contributed by atoms with Crippen molar-refractivity contribution in [2.24, 2.45) is 4.99 Å². The minimum Gasteiger partial charge on any atom is -0.313 e. The van der Waals surface area contributed by atoms with E-state index in [2.05, 4.69) is 17.0 Å². The normalized spacial score (nSPS) is 11.3. The number of halogens is 3. The van der Waals surface area contributed by atoms with Gasteiger partial charge in [-0.3, -0.25) is 4.79 Å². The molecule has 0 aliphatic rings. The smallest absolute Gasteiger partial charge is 0.313 e. The Labute approximate surface area is 103 Å². The molecule has 0 saturated heterocycles. The van der Waals surface area contributed by atoms with Crippen LogP contribution >= 0.6 is 0 Å². The fraction of sp³-hybridized carbons (Fsp3) is 0.333. The average molecular weight is 258 g/mol. The van der Waals surface area contributed by atoms with E-state index in [1.807, 2.05) is 6.92 Å². The predicted molar refractivity (Wildman–Crippen MR) is 62.7 cm³/mol. The molecule has 1 aromatic rings. The van der Waals surface area contributed by atoms with E-state index in [4.69, 9.17) is 0 Å². The van der Waals surface area contributed by atoms with Crippen molar-refractivity contribution in [1.82, 2.24) is 5.32 Å². The predicted octanol–water partition coefficient (Wildman–Crippen LogP) is 2.66. The lowest BCUT2D eigenvalue weighted by atomic mass is 10.0. The molecule has 0 aliphatic heterocycles. The zero-order valence-electron chi connectivity index (χ0n) is 9.84. The lowest BCUT2D eigenvalue weighted by molar-refractivity contribution is -0.137. The van der Waals surface area contributed by atoms with Crippen molar-refractivity contribution < 1.29 is 18.0 Å². The fourth-order valence-corrected chi connectivity index (χ4v) is 1.44. The van der Waals surface area contributed by atoms with Crippen LogP contribution < -0.4 is 5.32 Å².